The standard InChI is InChI=1S/C22H24BrN3O3S/c1-14(12-29-3)24-20(27)13-30-22-25-19-10-9-17(23)11-18(19)21(28)26(22)15(2)16-7-5-4-6-8-16/h4-11,14-15H,12-13H2,1-3H3,(H,24,27). The molecule has 3 aromatic rings. The molecular weight excluding hydrogens is 466 g/mol. The van der Waals surface area contributed by atoms with Crippen molar-refractivity contribution in [3.05, 3.63) is 68.9 Å². The molecule has 3 rings (SSSR count). The molecule has 0 bridgehead atoms. The largest absolute Gasteiger partial charge is 0.383 e. The summed E-state index contributed by atoms with van der Waals surface area (Å²) in [5.41, 5.74) is 1.47. The molecule has 158 valence electrons. The minimum atomic E-state index is -0.229. The van der Waals surface area contributed by atoms with Crippen molar-refractivity contribution in [1.82, 2.24) is 14.9 Å². The Bertz CT molecular complexity index is 1090. The van der Waals surface area contributed by atoms with E-state index in [2.05, 4.69) is 21.2 Å². The molecule has 2 aromatic carbocycles. The Labute approximate surface area is 188 Å². The predicted molar refractivity (Wildman–Crippen MR) is 124 cm³/mol. The Hall–Kier alpha value is -2.16. The van der Waals surface area contributed by atoms with E-state index >= 15 is 0 Å². The SMILES string of the molecule is COCC(C)NC(=O)CSc1nc2ccc(Br)cc2c(=O)n1C(C)c1ccccc1. The molecule has 2 unspecified atom stereocenters. The van der Waals surface area contributed by atoms with Gasteiger partial charge in [-0.25, -0.2) is 4.98 Å². The first-order valence-corrected chi connectivity index (χ1v) is 11.4. The van der Waals surface area contributed by atoms with Crippen LogP contribution in [0.3, 0.4) is 0 Å². The number of thioether (sulfide) groups is 1. The number of methoxy groups -OCH3 is 1. The molecule has 1 N–H and O–H groups in total. The Morgan fingerprint density at radius 3 is 2.67 bits per heavy atom. The summed E-state index contributed by atoms with van der Waals surface area (Å²) in [5.74, 6) is 0.0259. The fourth-order valence-corrected chi connectivity index (χ4v) is 4.46. The van der Waals surface area contributed by atoms with Crippen LogP contribution in [0, 0.1) is 0 Å². The molecule has 1 amide bonds. The molecule has 2 atom stereocenters. The number of carbonyl (C=O) groups excluding carboxylic acids is 1. The lowest BCUT2D eigenvalue weighted by Crippen LogP contribution is -2.37. The number of halogens is 1. The fourth-order valence-electron chi connectivity index (χ4n) is 3.21. The van der Waals surface area contributed by atoms with Gasteiger partial charge in [0.1, 0.15) is 0 Å². The first kappa shape index (κ1) is 22.5. The summed E-state index contributed by atoms with van der Waals surface area (Å²) in [6.07, 6.45) is 0. The molecule has 0 spiro atoms. The van der Waals surface area contributed by atoms with Crippen molar-refractivity contribution in [2.24, 2.45) is 0 Å². The molecule has 0 saturated carbocycles. The number of hydrogen-bond acceptors (Lipinski definition) is 5. The molecule has 0 radical (unpaired) electrons. The van der Waals surface area contributed by atoms with Crippen LogP contribution >= 0.6 is 27.7 Å². The summed E-state index contributed by atoms with van der Waals surface area (Å²) in [6, 6.07) is 14.9. The van der Waals surface area contributed by atoms with Crippen molar-refractivity contribution < 1.29 is 9.53 Å². The molecule has 0 saturated heterocycles. The van der Waals surface area contributed by atoms with Crippen molar-refractivity contribution in [2.75, 3.05) is 19.5 Å². The highest BCUT2D eigenvalue weighted by Crippen LogP contribution is 2.26. The number of rotatable bonds is 8. The fraction of sp³-hybridized carbons (Fsp3) is 0.318. The Balaban J connectivity index is 1.98. The van der Waals surface area contributed by atoms with Crippen LogP contribution in [0.25, 0.3) is 10.9 Å². The second kappa shape index (κ2) is 10.2. The number of benzene rings is 2. The topological polar surface area (TPSA) is 73.2 Å². The maximum atomic E-state index is 13.4. The van der Waals surface area contributed by atoms with Gasteiger partial charge in [0, 0.05) is 17.6 Å². The Morgan fingerprint density at radius 2 is 1.97 bits per heavy atom. The number of nitrogens with zero attached hydrogens (tertiary/aromatic N) is 2. The molecule has 1 heterocycles. The predicted octanol–water partition coefficient (Wildman–Crippen LogP) is 4.01. The summed E-state index contributed by atoms with van der Waals surface area (Å²) >= 11 is 4.69. The minimum absolute atomic E-state index is 0.0875. The van der Waals surface area contributed by atoms with E-state index in [1.165, 1.54) is 11.8 Å². The van der Waals surface area contributed by atoms with Crippen LogP contribution in [0.4, 0.5) is 0 Å². The van der Waals surface area contributed by atoms with E-state index < -0.39 is 0 Å². The van der Waals surface area contributed by atoms with Crippen molar-refractivity contribution in [2.45, 2.75) is 31.1 Å². The van der Waals surface area contributed by atoms with Gasteiger partial charge in [-0.2, -0.15) is 0 Å². The molecule has 30 heavy (non-hydrogen) atoms. The van der Waals surface area contributed by atoms with E-state index in [9.17, 15) is 9.59 Å². The van der Waals surface area contributed by atoms with Crippen molar-refractivity contribution in [3.8, 4) is 0 Å². The first-order valence-electron chi connectivity index (χ1n) is 9.58. The van der Waals surface area contributed by atoms with Crippen LogP contribution < -0.4 is 10.9 Å². The molecule has 6 nitrogen and oxygen atoms in total. The summed E-state index contributed by atoms with van der Waals surface area (Å²) in [7, 11) is 1.60. The molecule has 0 aliphatic carbocycles. The third kappa shape index (κ3) is 5.30. The highest BCUT2D eigenvalue weighted by molar-refractivity contribution is 9.10. The van der Waals surface area contributed by atoms with Gasteiger partial charge in [-0.3, -0.25) is 14.2 Å². The third-order valence-electron chi connectivity index (χ3n) is 4.66. The number of aromatic nitrogens is 2. The number of carbonyl (C=O) groups is 1. The van der Waals surface area contributed by atoms with Crippen LogP contribution in [0.5, 0.6) is 0 Å². The van der Waals surface area contributed by atoms with Crippen LogP contribution in [0.15, 0.2) is 63.0 Å². The lowest BCUT2D eigenvalue weighted by Gasteiger charge is -2.20. The van der Waals surface area contributed by atoms with Crippen LogP contribution in [-0.4, -0.2) is 41.0 Å². The van der Waals surface area contributed by atoms with E-state index in [-0.39, 0.29) is 29.3 Å². The van der Waals surface area contributed by atoms with Gasteiger partial charge in [0.25, 0.3) is 5.56 Å². The van der Waals surface area contributed by atoms with Crippen molar-refractivity contribution in [3.63, 3.8) is 0 Å². The van der Waals surface area contributed by atoms with Gasteiger partial charge in [0.15, 0.2) is 5.16 Å². The monoisotopic (exact) mass is 489 g/mol. The smallest absolute Gasteiger partial charge is 0.262 e. The van der Waals surface area contributed by atoms with E-state index in [1.54, 1.807) is 17.7 Å². The summed E-state index contributed by atoms with van der Waals surface area (Å²) < 4.78 is 7.54. The number of ether oxygens (including phenoxy) is 1. The van der Waals surface area contributed by atoms with Gasteiger partial charge in [0.05, 0.1) is 29.3 Å². The van der Waals surface area contributed by atoms with Crippen molar-refractivity contribution in [1.29, 1.82) is 0 Å². The minimum Gasteiger partial charge on any atom is -0.383 e. The Morgan fingerprint density at radius 1 is 1.23 bits per heavy atom. The Kier molecular flexibility index (Phi) is 7.69. The number of hydrogen-bond donors (Lipinski definition) is 1. The third-order valence-corrected chi connectivity index (χ3v) is 6.10. The molecular formula is C22H24BrN3O3S. The molecule has 1 aromatic heterocycles. The molecule has 0 fully saturated rings. The zero-order valence-electron chi connectivity index (χ0n) is 17.1. The quantitative estimate of drug-likeness (QED) is 0.382. The van der Waals surface area contributed by atoms with E-state index in [4.69, 9.17) is 9.72 Å². The first-order chi connectivity index (χ1) is 14.4. The van der Waals surface area contributed by atoms with Gasteiger partial charge in [0.2, 0.25) is 5.91 Å². The van der Waals surface area contributed by atoms with Crippen LogP contribution in [0.1, 0.15) is 25.5 Å². The lowest BCUT2D eigenvalue weighted by molar-refractivity contribution is -0.119. The van der Waals surface area contributed by atoms with Gasteiger partial charge in [-0.05, 0) is 37.6 Å². The van der Waals surface area contributed by atoms with E-state index in [0.717, 1.165) is 10.0 Å². The molecule has 0 aliphatic rings. The normalized spacial score (nSPS) is 13.2. The maximum absolute atomic E-state index is 13.4. The van der Waals surface area contributed by atoms with Gasteiger partial charge >= 0.3 is 0 Å². The van der Waals surface area contributed by atoms with Crippen molar-refractivity contribution >= 4 is 44.5 Å². The van der Waals surface area contributed by atoms with Gasteiger partial charge < -0.3 is 10.1 Å². The van der Waals surface area contributed by atoms with Gasteiger partial charge in [-0.1, -0.05) is 58.0 Å². The van der Waals surface area contributed by atoms with Crippen LogP contribution in [0.2, 0.25) is 0 Å². The van der Waals surface area contributed by atoms with E-state index in [0.29, 0.717) is 22.7 Å². The highest BCUT2D eigenvalue weighted by atomic mass is 79.9. The zero-order chi connectivity index (χ0) is 21.7. The second-order valence-electron chi connectivity index (χ2n) is 7.03. The number of amides is 1. The number of fused-ring (bicyclic) bond motifs is 1. The summed E-state index contributed by atoms with van der Waals surface area (Å²) in [6.45, 7) is 4.29. The summed E-state index contributed by atoms with van der Waals surface area (Å²) in [5, 5.41) is 3.94. The average Bonchev–Trinajstić information content (AvgIpc) is 2.73. The summed E-state index contributed by atoms with van der Waals surface area (Å²) in [4.78, 5) is 30.4. The van der Waals surface area contributed by atoms with E-state index in [1.807, 2.05) is 56.3 Å². The highest BCUT2D eigenvalue weighted by Gasteiger charge is 2.19. The maximum Gasteiger partial charge on any atom is 0.262 e. The van der Waals surface area contributed by atoms with Crippen LogP contribution in [-0.2, 0) is 9.53 Å². The average molecular weight is 490 g/mol. The number of nitrogens with one attached hydrogen (secondary N) is 1. The lowest BCUT2D eigenvalue weighted by atomic mass is 10.1. The molecule has 0 aliphatic heterocycles. The van der Waals surface area contributed by atoms with Gasteiger partial charge in [-0.15, -0.1) is 0 Å². The zero-order valence-corrected chi connectivity index (χ0v) is 19.5. The second-order valence-corrected chi connectivity index (χ2v) is 8.89. The molecule has 8 heteroatoms.